The molecule has 1 aliphatic carbocycles. The highest BCUT2D eigenvalue weighted by Gasteiger charge is 2.24. The summed E-state index contributed by atoms with van der Waals surface area (Å²) in [5, 5.41) is 11.5. The van der Waals surface area contributed by atoms with Crippen LogP contribution in [0.15, 0.2) is 18.3 Å². The number of ether oxygens (including phenoxy) is 2. The summed E-state index contributed by atoms with van der Waals surface area (Å²) in [5.74, 6) is 0.724. The van der Waals surface area contributed by atoms with Crippen LogP contribution in [0.3, 0.4) is 0 Å². The molecule has 2 unspecified atom stereocenters. The molecule has 0 amide bonds. The maximum absolute atomic E-state index is 11.5. The Hall–Kier alpha value is -2.08. The number of carbonyl (C=O) groups excluding carboxylic acids is 1. The van der Waals surface area contributed by atoms with Crippen LogP contribution in [-0.2, 0) is 9.53 Å². The van der Waals surface area contributed by atoms with Gasteiger partial charge in [0.15, 0.2) is 0 Å². The normalized spacial score (nSPS) is 20.9. The van der Waals surface area contributed by atoms with Crippen molar-refractivity contribution < 1.29 is 14.3 Å². The Labute approximate surface area is 141 Å². The van der Waals surface area contributed by atoms with E-state index in [1.54, 1.807) is 0 Å². The van der Waals surface area contributed by atoms with Gasteiger partial charge in [0.2, 0.25) is 0 Å². The van der Waals surface area contributed by atoms with E-state index >= 15 is 0 Å². The van der Waals surface area contributed by atoms with Crippen molar-refractivity contribution in [3.05, 3.63) is 23.9 Å². The first-order valence-electron chi connectivity index (χ1n) is 8.65. The average Bonchev–Trinajstić information content (AvgIpc) is 3.06. The van der Waals surface area contributed by atoms with Crippen LogP contribution in [0.4, 0.5) is 0 Å². The lowest BCUT2D eigenvalue weighted by Crippen LogP contribution is -2.40. The van der Waals surface area contributed by atoms with Crippen molar-refractivity contribution in [3.8, 4) is 5.75 Å². The molecular formula is C18H25N3O3. The lowest BCUT2D eigenvalue weighted by Gasteiger charge is -2.30. The van der Waals surface area contributed by atoms with Crippen molar-refractivity contribution in [2.45, 2.75) is 51.7 Å². The van der Waals surface area contributed by atoms with Crippen molar-refractivity contribution in [2.75, 3.05) is 13.2 Å². The number of aromatic amines is 1. The third-order valence-corrected chi connectivity index (χ3v) is 4.60. The van der Waals surface area contributed by atoms with Gasteiger partial charge in [0.1, 0.15) is 11.9 Å². The highest BCUT2D eigenvalue weighted by atomic mass is 16.5. The van der Waals surface area contributed by atoms with Crippen LogP contribution >= 0.6 is 0 Å². The molecule has 1 aromatic carbocycles. The first kappa shape index (κ1) is 16.8. The van der Waals surface area contributed by atoms with E-state index in [1.165, 1.54) is 0 Å². The summed E-state index contributed by atoms with van der Waals surface area (Å²) < 4.78 is 11.2. The van der Waals surface area contributed by atoms with Crippen molar-refractivity contribution in [3.63, 3.8) is 0 Å². The number of aryl methyl sites for hydroxylation is 1. The third kappa shape index (κ3) is 3.87. The van der Waals surface area contributed by atoms with Gasteiger partial charge in [-0.25, -0.2) is 0 Å². The predicted molar refractivity (Wildman–Crippen MR) is 92.1 cm³/mol. The van der Waals surface area contributed by atoms with E-state index in [1.807, 2.05) is 25.3 Å². The minimum Gasteiger partial charge on any atom is -0.490 e. The van der Waals surface area contributed by atoms with Crippen LogP contribution in [0.25, 0.3) is 10.9 Å². The molecule has 2 N–H and O–H groups in total. The molecule has 2 atom stereocenters. The van der Waals surface area contributed by atoms with Crippen LogP contribution in [0.2, 0.25) is 0 Å². The SMILES string of the molecule is CCOC(=O)CNC1CCCC(Oc2ccc3[nH]ncc3c2C)C1. The Morgan fingerprint density at radius 1 is 1.42 bits per heavy atom. The standard InChI is InChI=1S/C18H25N3O3/c1-3-23-18(22)11-19-13-5-4-6-14(9-13)24-17-8-7-16-15(12(17)2)10-20-21-16/h7-8,10,13-14,19H,3-6,9,11H2,1-2H3,(H,20,21). The molecule has 6 heteroatoms. The number of H-pyrrole nitrogens is 1. The maximum Gasteiger partial charge on any atom is 0.319 e. The molecule has 0 bridgehead atoms. The number of rotatable bonds is 6. The zero-order valence-electron chi connectivity index (χ0n) is 14.3. The number of aromatic nitrogens is 2. The maximum atomic E-state index is 11.5. The van der Waals surface area contributed by atoms with E-state index in [0.717, 1.165) is 47.9 Å². The van der Waals surface area contributed by atoms with Crippen molar-refractivity contribution >= 4 is 16.9 Å². The second-order valence-electron chi connectivity index (χ2n) is 6.31. The highest BCUT2D eigenvalue weighted by Crippen LogP contribution is 2.29. The minimum absolute atomic E-state index is 0.168. The second kappa shape index (κ2) is 7.66. The summed E-state index contributed by atoms with van der Waals surface area (Å²) >= 11 is 0. The van der Waals surface area contributed by atoms with Crippen LogP contribution in [0.5, 0.6) is 5.75 Å². The molecule has 3 rings (SSSR count). The molecule has 1 aliphatic rings. The van der Waals surface area contributed by atoms with Crippen LogP contribution < -0.4 is 10.1 Å². The molecule has 130 valence electrons. The Morgan fingerprint density at radius 3 is 3.12 bits per heavy atom. The number of carbonyl (C=O) groups is 1. The minimum atomic E-state index is -0.193. The Balaban J connectivity index is 1.58. The predicted octanol–water partition coefficient (Wildman–Crippen LogP) is 2.71. The Bertz CT molecular complexity index is 698. The smallest absolute Gasteiger partial charge is 0.319 e. The van der Waals surface area contributed by atoms with Gasteiger partial charge < -0.3 is 14.8 Å². The van der Waals surface area contributed by atoms with Crippen LogP contribution in [0, 0.1) is 6.92 Å². The van der Waals surface area contributed by atoms with Crippen molar-refractivity contribution in [2.24, 2.45) is 0 Å². The van der Waals surface area contributed by atoms with Gasteiger partial charge in [-0.1, -0.05) is 0 Å². The van der Waals surface area contributed by atoms with Gasteiger partial charge in [-0.2, -0.15) is 5.10 Å². The number of hydrogen-bond acceptors (Lipinski definition) is 5. The van der Waals surface area contributed by atoms with Gasteiger partial charge >= 0.3 is 5.97 Å². The number of esters is 1. The Kier molecular flexibility index (Phi) is 5.35. The number of benzene rings is 1. The monoisotopic (exact) mass is 331 g/mol. The zero-order valence-corrected chi connectivity index (χ0v) is 14.3. The summed E-state index contributed by atoms with van der Waals surface area (Å²) in [5.41, 5.74) is 2.14. The average molecular weight is 331 g/mol. The van der Waals surface area contributed by atoms with E-state index < -0.39 is 0 Å². The summed E-state index contributed by atoms with van der Waals surface area (Å²) in [7, 11) is 0. The van der Waals surface area contributed by atoms with Gasteiger partial charge in [-0.05, 0) is 51.7 Å². The molecule has 0 aliphatic heterocycles. The fourth-order valence-electron chi connectivity index (χ4n) is 3.32. The second-order valence-corrected chi connectivity index (χ2v) is 6.31. The molecular weight excluding hydrogens is 306 g/mol. The molecule has 2 aromatic rings. The van der Waals surface area contributed by atoms with Gasteiger partial charge in [0, 0.05) is 17.0 Å². The number of nitrogens with one attached hydrogen (secondary N) is 2. The number of nitrogens with zero attached hydrogens (tertiary/aromatic N) is 1. The lowest BCUT2D eigenvalue weighted by atomic mass is 9.92. The fraction of sp³-hybridized carbons (Fsp3) is 0.556. The van der Waals surface area contributed by atoms with E-state index in [4.69, 9.17) is 9.47 Å². The topological polar surface area (TPSA) is 76.2 Å². The summed E-state index contributed by atoms with van der Waals surface area (Å²) in [6, 6.07) is 4.31. The first-order valence-corrected chi connectivity index (χ1v) is 8.65. The Morgan fingerprint density at radius 2 is 2.29 bits per heavy atom. The third-order valence-electron chi connectivity index (χ3n) is 4.60. The number of fused-ring (bicyclic) bond motifs is 1. The molecule has 0 spiro atoms. The summed E-state index contributed by atoms with van der Waals surface area (Å²) in [6.45, 7) is 4.58. The molecule has 0 saturated heterocycles. The summed E-state index contributed by atoms with van der Waals surface area (Å²) in [4.78, 5) is 11.5. The first-order chi connectivity index (χ1) is 11.7. The van der Waals surface area contributed by atoms with E-state index in [-0.39, 0.29) is 18.6 Å². The molecule has 1 aromatic heterocycles. The van der Waals surface area contributed by atoms with Crippen LogP contribution in [0.1, 0.15) is 38.2 Å². The lowest BCUT2D eigenvalue weighted by molar-refractivity contribution is -0.142. The van der Waals surface area contributed by atoms with Crippen molar-refractivity contribution in [1.29, 1.82) is 0 Å². The molecule has 24 heavy (non-hydrogen) atoms. The molecule has 6 nitrogen and oxygen atoms in total. The quantitative estimate of drug-likeness (QED) is 0.796. The van der Waals surface area contributed by atoms with Gasteiger partial charge in [0.05, 0.1) is 24.9 Å². The van der Waals surface area contributed by atoms with Crippen LogP contribution in [-0.4, -0.2) is 41.5 Å². The van der Waals surface area contributed by atoms with Gasteiger partial charge in [-0.3, -0.25) is 9.89 Å². The zero-order chi connectivity index (χ0) is 16.9. The van der Waals surface area contributed by atoms with Gasteiger partial charge in [0.25, 0.3) is 0 Å². The fourth-order valence-corrected chi connectivity index (χ4v) is 3.32. The van der Waals surface area contributed by atoms with E-state index in [0.29, 0.717) is 12.6 Å². The van der Waals surface area contributed by atoms with E-state index in [9.17, 15) is 4.79 Å². The largest absolute Gasteiger partial charge is 0.490 e. The molecule has 1 saturated carbocycles. The van der Waals surface area contributed by atoms with E-state index in [2.05, 4.69) is 22.4 Å². The highest BCUT2D eigenvalue weighted by molar-refractivity contribution is 5.83. The van der Waals surface area contributed by atoms with Crippen molar-refractivity contribution in [1.82, 2.24) is 15.5 Å². The summed E-state index contributed by atoms with van der Waals surface area (Å²) in [6.07, 6.45) is 6.11. The molecule has 1 heterocycles. The molecule has 1 fully saturated rings. The number of hydrogen-bond donors (Lipinski definition) is 2. The molecule has 0 radical (unpaired) electrons. The van der Waals surface area contributed by atoms with Gasteiger partial charge in [-0.15, -0.1) is 0 Å².